The number of nitrogens with zero attached hydrogens (tertiary/aromatic N) is 3. The molecular weight excluding hydrogens is 290 g/mol. The molecule has 0 bridgehead atoms. The minimum absolute atomic E-state index is 0.346. The lowest BCUT2D eigenvalue weighted by Crippen LogP contribution is -2.50. The second-order valence-electron chi connectivity index (χ2n) is 6.65. The van der Waals surface area contributed by atoms with Crippen LogP contribution in [0.25, 0.3) is 0 Å². The van der Waals surface area contributed by atoms with E-state index < -0.39 is 10.2 Å². The summed E-state index contributed by atoms with van der Waals surface area (Å²) in [6, 6.07) is 0.361. The highest BCUT2D eigenvalue weighted by Gasteiger charge is 2.34. The molecule has 6 nitrogen and oxygen atoms in total. The van der Waals surface area contributed by atoms with Crippen LogP contribution in [0, 0.1) is 5.92 Å². The van der Waals surface area contributed by atoms with Gasteiger partial charge in [-0.15, -0.1) is 0 Å². The quantitative estimate of drug-likeness (QED) is 0.735. The second kappa shape index (κ2) is 6.91. The van der Waals surface area contributed by atoms with Crippen molar-refractivity contribution < 1.29 is 13.5 Å². The first kappa shape index (κ1) is 17.1. The second-order valence-corrected chi connectivity index (χ2v) is 8.69. The summed E-state index contributed by atoms with van der Waals surface area (Å²) in [5.74, 6) is 0.569. The highest BCUT2D eigenvalue weighted by Crippen LogP contribution is 2.30. The molecule has 0 aromatic heterocycles. The zero-order chi connectivity index (χ0) is 15.6. The Morgan fingerprint density at radius 3 is 2.24 bits per heavy atom. The Morgan fingerprint density at radius 1 is 1.19 bits per heavy atom. The maximum Gasteiger partial charge on any atom is 0.281 e. The standard InChI is InChI=1S/C14H29N3O3S/c1-12(18)10-15(2)14-6-8-17(9-7-14)21(19,20)16(3)11-13-4-5-13/h12-14,18H,4-11H2,1-3H3. The van der Waals surface area contributed by atoms with Crippen LogP contribution in [0.3, 0.4) is 0 Å². The molecule has 0 spiro atoms. The Hall–Kier alpha value is -0.210. The third kappa shape index (κ3) is 4.63. The SMILES string of the molecule is CC(O)CN(C)C1CCN(S(=O)(=O)N(C)CC2CC2)CC1. The largest absolute Gasteiger partial charge is 0.392 e. The van der Waals surface area contributed by atoms with Crippen molar-refractivity contribution in [2.45, 2.75) is 44.8 Å². The van der Waals surface area contributed by atoms with Crippen LogP contribution in [0.5, 0.6) is 0 Å². The minimum Gasteiger partial charge on any atom is -0.392 e. The Morgan fingerprint density at radius 2 is 1.76 bits per heavy atom. The molecule has 2 aliphatic rings. The third-order valence-electron chi connectivity index (χ3n) is 4.53. The van der Waals surface area contributed by atoms with Gasteiger partial charge in [0.2, 0.25) is 0 Å². The van der Waals surface area contributed by atoms with Crippen molar-refractivity contribution in [1.29, 1.82) is 0 Å². The summed E-state index contributed by atoms with van der Waals surface area (Å²) in [4.78, 5) is 2.14. The maximum absolute atomic E-state index is 12.5. The minimum atomic E-state index is -3.29. The number of likely N-dealkylation sites (N-methyl/N-ethyl adjacent to an activating group) is 1. The van der Waals surface area contributed by atoms with Crippen LogP contribution in [0.4, 0.5) is 0 Å². The molecule has 1 aliphatic carbocycles. The maximum atomic E-state index is 12.5. The highest BCUT2D eigenvalue weighted by atomic mass is 32.2. The number of piperidine rings is 1. The summed E-state index contributed by atoms with van der Waals surface area (Å²) < 4.78 is 28.1. The van der Waals surface area contributed by atoms with E-state index in [0.29, 0.717) is 38.1 Å². The molecule has 0 aromatic rings. The molecule has 1 N–H and O–H groups in total. The van der Waals surface area contributed by atoms with Crippen LogP contribution in [-0.4, -0.2) is 79.5 Å². The lowest BCUT2D eigenvalue weighted by molar-refractivity contribution is 0.0952. The lowest BCUT2D eigenvalue weighted by atomic mass is 10.1. The number of hydrogen-bond acceptors (Lipinski definition) is 4. The van der Waals surface area contributed by atoms with Crippen molar-refractivity contribution in [2.24, 2.45) is 5.92 Å². The van der Waals surface area contributed by atoms with Crippen molar-refractivity contribution in [3.05, 3.63) is 0 Å². The van der Waals surface area contributed by atoms with Gasteiger partial charge in [-0.1, -0.05) is 0 Å². The van der Waals surface area contributed by atoms with Crippen molar-refractivity contribution in [2.75, 3.05) is 40.3 Å². The Bertz CT molecular complexity index is 429. The zero-order valence-electron chi connectivity index (χ0n) is 13.4. The average molecular weight is 319 g/mol. The van der Waals surface area contributed by atoms with Crippen LogP contribution in [0.1, 0.15) is 32.6 Å². The zero-order valence-corrected chi connectivity index (χ0v) is 14.2. The number of rotatable bonds is 7. The first-order chi connectivity index (χ1) is 9.80. The average Bonchev–Trinajstić information content (AvgIpc) is 3.22. The van der Waals surface area contributed by atoms with Gasteiger partial charge in [0.1, 0.15) is 0 Å². The lowest BCUT2D eigenvalue weighted by Gasteiger charge is -2.37. The third-order valence-corrected chi connectivity index (χ3v) is 6.49. The molecule has 1 unspecified atom stereocenters. The van der Waals surface area contributed by atoms with Crippen LogP contribution in [-0.2, 0) is 10.2 Å². The molecular formula is C14H29N3O3S. The molecule has 0 radical (unpaired) electrons. The van der Waals surface area contributed by atoms with E-state index in [-0.39, 0.29) is 6.10 Å². The van der Waals surface area contributed by atoms with E-state index in [1.165, 1.54) is 4.31 Å². The highest BCUT2D eigenvalue weighted by molar-refractivity contribution is 7.86. The van der Waals surface area contributed by atoms with Gasteiger partial charge in [-0.3, -0.25) is 0 Å². The molecule has 1 saturated heterocycles. The van der Waals surface area contributed by atoms with Gasteiger partial charge < -0.3 is 10.0 Å². The van der Waals surface area contributed by atoms with Gasteiger partial charge in [0, 0.05) is 39.3 Å². The summed E-state index contributed by atoms with van der Waals surface area (Å²) in [7, 11) is 0.404. The van der Waals surface area contributed by atoms with E-state index in [1.807, 2.05) is 7.05 Å². The molecule has 1 aliphatic heterocycles. The normalized spacial score (nSPS) is 23.9. The van der Waals surface area contributed by atoms with Crippen LogP contribution in [0.15, 0.2) is 0 Å². The van der Waals surface area contributed by atoms with Gasteiger partial charge >= 0.3 is 0 Å². The fourth-order valence-electron chi connectivity index (χ4n) is 3.03. The molecule has 2 fully saturated rings. The fraction of sp³-hybridized carbons (Fsp3) is 1.00. The summed E-state index contributed by atoms with van der Waals surface area (Å²) in [5, 5.41) is 9.44. The Balaban J connectivity index is 1.84. The fourth-order valence-corrected chi connectivity index (χ4v) is 4.50. The number of aliphatic hydroxyl groups is 1. The van der Waals surface area contributed by atoms with E-state index in [1.54, 1.807) is 18.3 Å². The molecule has 1 saturated carbocycles. The van der Waals surface area contributed by atoms with E-state index in [2.05, 4.69) is 4.90 Å². The number of aliphatic hydroxyl groups excluding tert-OH is 1. The summed E-state index contributed by atoms with van der Waals surface area (Å²) >= 11 is 0. The molecule has 1 atom stereocenters. The molecule has 7 heteroatoms. The Labute approximate surface area is 128 Å². The molecule has 2 rings (SSSR count). The predicted molar refractivity (Wildman–Crippen MR) is 83.2 cm³/mol. The smallest absolute Gasteiger partial charge is 0.281 e. The molecule has 1 heterocycles. The van der Waals surface area contributed by atoms with Crippen molar-refractivity contribution in [3.8, 4) is 0 Å². The van der Waals surface area contributed by atoms with Gasteiger partial charge in [-0.05, 0) is 45.6 Å². The van der Waals surface area contributed by atoms with Crippen LogP contribution in [0.2, 0.25) is 0 Å². The topological polar surface area (TPSA) is 64.1 Å². The van der Waals surface area contributed by atoms with Crippen LogP contribution < -0.4 is 0 Å². The number of hydrogen-bond donors (Lipinski definition) is 1. The summed E-state index contributed by atoms with van der Waals surface area (Å²) in [6.07, 6.45) is 3.64. The van der Waals surface area contributed by atoms with Gasteiger partial charge in [0.25, 0.3) is 10.2 Å². The molecule has 21 heavy (non-hydrogen) atoms. The first-order valence-electron chi connectivity index (χ1n) is 7.90. The van der Waals surface area contributed by atoms with Gasteiger partial charge in [0.15, 0.2) is 0 Å². The van der Waals surface area contributed by atoms with Crippen molar-refractivity contribution >= 4 is 10.2 Å². The molecule has 0 amide bonds. The molecule has 124 valence electrons. The van der Waals surface area contributed by atoms with Crippen molar-refractivity contribution in [1.82, 2.24) is 13.5 Å². The van der Waals surface area contributed by atoms with E-state index in [4.69, 9.17) is 0 Å². The molecule has 0 aromatic carbocycles. The first-order valence-corrected chi connectivity index (χ1v) is 9.30. The van der Waals surface area contributed by atoms with Gasteiger partial charge in [-0.25, -0.2) is 0 Å². The Kier molecular flexibility index (Phi) is 5.65. The van der Waals surface area contributed by atoms with Crippen molar-refractivity contribution in [3.63, 3.8) is 0 Å². The van der Waals surface area contributed by atoms with Gasteiger partial charge in [0.05, 0.1) is 6.10 Å². The predicted octanol–water partition coefficient (Wildman–Crippen LogP) is 0.350. The monoisotopic (exact) mass is 319 g/mol. The van der Waals surface area contributed by atoms with Crippen LogP contribution >= 0.6 is 0 Å². The van der Waals surface area contributed by atoms with E-state index in [0.717, 1.165) is 25.7 Å². The summed E-state index contributed by atoms with van der Waals surface area (Å²) in [5.41, 5.74) is 0. The summed E-state index contributed by atoms with van der Waals surface area (Å²) in [6.45, 7) is 4.23. The van der Waals surface area contributed by atoms with E-state index >= 15 is 0 Å². The van der Waals surface area contributed by atoms with Gasteiger partial charge in [-0.2, -0.15) is 17.0 Å². The van der Waals surface area contributed by atoms with E-state index in [9.17, 15) is 13.5 Å².